The minimum Gasteiger partial charge on any atom is -0.315 e. The number of rotatable bonds is 8. The zero-order chi connectivity index (χ0) is 12.7. The molecule has 102 valence electrons. The van der Waals surface area contributed by atoms with Gasteiger partial charge in [-0.3, -0.25) is 0 Å². The molecule has 0 bridgehead atoms. The van der Waals surface area contributed by atoms with Crippen molar-refractivity contribution < 1.29 is 8.42 Å². The zero-order valence-corrected chi connectivity index (χ0v) is 11.7. The van der Waals surface area contributed by atoms with Crippen LogP contribution in [0.3, 0.4) is 0 Å². The molecule has 0 aromatic heterocycles. The van der Waals surface area contributed by atoms with Gasteiger partial charge in [0.2, 0.25) is 10.0 Å². The third-order valence-corrected chi connectivity index (χ3v) is 5.06. The van der Waals surface area contributed by atoms with Crippen LogP contribution in [0.15, 0.2) is 0 Å². The Kier molecular flexibility index (Phi) is 6.40. The van der Waals surface area contributed by atoms with Crippen LogP contribution in [0, 0.1) is 0 Å². The van der Waals surface area contributed by atoms with Gasteiger partial charge < -0.3 is 10.2 Å². The van der Waals surface area contributed by atoms with Crippen LogP contribution in [0.25, 0.3) is 0 Å². The van der Waals surface area contributed by atoms with Gasteiger partial charge in [-0.25, -0.2) is 13.1 Å². The summed E-state index contributed by atoms with van der Waals surface area (Å²) in [6, 6.07) is 0. The van der Waals surface area contributed by atoms with Gasteiger partial charge in [-0.1, -0.05) is 13.8 Å². The van der Waals surface area contributed by atoms with Gasteiger partial charge in [0.25, 0.3) is 0 Å². The molecule has 0 amide bonds. The van der Waals surface area contributed by atoms with E-state index in [9.17, 15) is 8.42 Å². The Morgan fingerprint density at radius 3 is 2.65 bits per heavy atom. The van der Waals surface area contributed by atoms with E-state index in [0.717, 1.165) is 39.0 Å². The fourth-order valence-corrected chi connectivity index (χ4v) is 3.48. The van der Waals surface area contributed by atoms with Crippen molar-refractivity contribution in [1.29, 1.82) is 0 Å². The van der Waals surface area contributed by atoms with Crippen LogP contribution >= 0.6 is 0 Å². The van der Waals surface area contributed by atoms with Crippen molar-refractivity contribution in [2.75, 3.05) is 39.3 Å². The standard InChI is InChI=1S/C11H25N3O2S/c1-3-8-14(4-2)9-7-13-17(15,16)11-5-6-12-10-11/h11-13H,3-10H2,1-2H3. The molecule has 0 aromatic rings. The lowest BCUT2D eigenvalue weighted by Crippen LogP contribution is -2.40. The Bertz CT molecular complexity index is 300. The highest BCUT2D eigenvalue weighted by Crippen LogP contribution is 2.07. The second-order valence-corrected chi connectivity index (χ2v) is 6.53. The van der Waals surface area contributed by atoms with Crippen LogP contribution in [0.4, 0.5) is 0 Å². The lowest BCUT2D eigenvalue weighted by Gasteiger charge is -2.20. The van der Waals surface area contributed by atoms with Crippen molar-refractivity contribution in [1.82, 2.24) is 14.9 Å². The van der Waals surface area contributed by atoms with E-state index in [2.05, 4.69) is 28.8 Å². The fourth-order valence-electron chi connectivity index (χ4n) is 2.10. The molecule has 6 heteroatoms. The Morgan fingerprint density at radius 1 is 1.35 bits per heavy atom. The van der Waals surface area contributed by atoms with E-state index in [1.54, 1.807) is 0 Å². The van der Waals surface area contributed by atoms with Crippen molar-refractivity contribution in [3.8, 4) is 0 Å². The van der Waals surface area contributed by atoms with Gasteiger partial charge >= 0.3 is 0 Å². The molecule has 0 aliphatic carbocycles. The summed E-state index contributed by atoms with van der Waals surface area (Å²) >= 11 is 0. The molecule has 1 aliphatic heterocycles. The molecule has 1 fully saturated rings. The number of nitrogens with one attached hydrogen (secondary N) is 2. The predicted octanol–water partition coefficient (Wildman–Crippen LogP) is -0.000400. The second-order valence-electron chi connectivity index (χ2n) is 4.49. The summed E-state index contributed by atoms with van der Waals surface area (Å²) in [5.74, 6) is 0. The highest BCUT2D eigenvalue weighted by Gasteiger charge is 2.27. The van der Waals surface area contributed by atoms with E-state index >= 15 is 0 Å². The number of nitrogens with zero attached hydrogens (tertiary/aromatic N) is 1. The van der Waals surface area contributed by atoms with Crippen LogP contribution in [0.1, 0.15) is 26.7 Å². The summed E-state index contributed by atoms with van der Waals surface area (Å²) < 4.78 is 26.5. The third-order valence-electron chi connectivity index (χ3n) is 3.17. The molecule has 1 heterocycles. The first-order valence-electron chi connectivity index (χ1n) is 6.51. The first-order chi connectivity index (χ1) is 8.10. The summed E-state index contributed by atoms with van der Waals surface area (Å²) in [6.45, 7) is 8.95. The molecule has 1 saturated heterocycles. The Hall–Kier alpha value is -0.170. The molecule has 1 rings (SSSR count). The van der Waals surface area contributed by atoms with Crippen molar-refractivity contribution >= 4 is 10.0 Å². The maximum absolute atomic E-state index is 11.9. The van der Waals surface area contributed by atoms with Crippen molar-refractivity contribution in [3.63, 3.8) is 0 Å². The summed E-state index contributed by atoms with van der Waals surface area (Å²) in [7, 11) is -3.12. The SMILES string of the molecule is CCCN(CC)CCNS(=O)(=O)C1CCNC1. The molecule has 0 spiro atoms. The van der Waals surface area contributed by atoms with Gasteiger partial charge in [-0.15, -0.1) is 0 Å². The Balaban J connectivity index is 2.29. The summed E-state index contributed by atoms with van der Waals surface area (Å²) in [4.78, 5) is 2.26. The molecule has 1 atom stereocenters. The van der Waals surface area contributed by atoms with E-state index < -0.39 is 10.0 Å². The summed E-state index contributed by atoms with van der Waals surface area (Å²) in [5.41, 5.74) is 0. The lowest BCUT2D eigenvalue weighted by molar-refractivity contribution is 0.293. The molecule has 5 nitrogen and oxygen atoms in total. The molecule has 2 N–H and O–H groups in total. The lowest BCUT2D eigenvalue weighted by atomic mass is 10.4. The smallest absolute Gasteiger partial charge is 0.215 e. The molecular weight excluding hydrogens is 238 g/mol. The van der Waals surface area contributed by atoms with E-state index in [1.807, 2.05) is 0 Å². The normalized spacial score (nSPS) is 21.2. The third kappa shape index (κ3) is 4.91. The first kappa shape index (κ1) is 14.9. The van der Waals surface area contributed by atoms with Crippen molar-refractivity contribution in [2.24, 2.45) is 0 Å². The first-order valence-corrected chi connectivity index (χ1v) is 8.06. The van der Waals surface area contributed by atoms with Crippen LogP contribution in [-0.4, -0.2) is 57.8 Å². The van der Waals surface area contributed by atoms with Crippen LogP contribution in [0.5, 0.6) is 0 Å². The molecular formula is C11H25N3O2S. The Labute approximate surface area is 105 Å². The average Bonchev–Trinajstić information content (AvgIpc) is 2.81. The molecule has 0 saturated carbocycles. The van der Waals surface area contributed by atoms with Gasteiger partial charge in [-0.05, 0) is 32.5 Å². The van der Waals surface area contributed by atoms with Gasteiger partial charge in [0, 0.05) is 19.6 Å². The maximum Gasteiger partial charge on any atom is 0.215 e. The molecule has 0 radical (unpaired) electrons. The molecule has 1 unspecified atom stereocenters. The van der Waals surface area contributed by atoms with Crippen LogP contribution in [-0.2, 0) is 10.0 Å². The van der Waals surface area contributed by atoms with E-state index in [4.69, 9.17) is 0 Å². The Morgan fingerprint density at radius 2 is 2.12 bits per heavy atom. The van der Waals surface area contributed by atoms with Gasteiger partial charge in [0.1, 0.15) is 0 Å². The number of likely N-dealkylation sites (N-methyl/N-ethyl adjacent to an activating group) is 1. The summed E-state index contributed by atoms with van der Waals surface area (Å²) in [5, 5.41) is 2.83. The molecule has 0 aromatic carbocycles. The number of sulfonamides is 1. The highest BCUT2D eigenvalue weighted by atomic mass is 32.2. The minimum atomic E-state index is -3.12. The number of hydrogen-bond donors (Lipinski definition) is 2. The van der Waals surface area contributed by atoms with Gasteiger partial charge in [0.05, 0.1) is 5.25 Å². The monoisotopic (exact) mass is 263 g/mol. The molecule has 17 heavy (non-hydrogen) atoms. The zero-order valence-electron chi connectivity index (χ0n) is 10.9. The van der Waals surface area contributed by atoms with Crippen molar-refractivity contribution in [2.45, 2.75) is 31.9 Å². The predicted molar refractivity (Wildman–Crippen MR) is 70.6 cm³/mol. The van der Waals surface area contributed by atoms with Crippen LogP contribution in [0.2, 0.25) is 0 Å². The van der Waals surface area contributed by atoms with E-state index in [1.165, 1.54) is 0 Å². The minimum absolute atomic E-state index is 0.247. The second kappa shape index (κ2) is 7.31. The largest absolute Gasteiger partial charge is 0.315 e. The number of hydrogen-bond acceptors (Lipinski definition) is 4. The average molecular weight is 263 g/mol. The van der Waals surface area contributed by atoms with Crippen LogP contribution < -0.4 is 10.0 Å². The van der Waals surface area contributed by atoms with E-state index in [0.29, 0.717) is 13.1 Å². The van der Waals surface area contributed by atoms with E-state index in [-0.39, 0.29) is 5.25 Å². The van der Waals surface area contributed by atoms with Gasteiger partial charge in [-0.2, -0.15) is 0 Å². The van der Waals surface area contributed by atoms with Crippen molar-refractivity contribution in [3.05, 3.63) is 0 Å². The van der Waals surface area contributed by atoms with Gasteiger partial charge in [0.15, 0.2) is 0 Å². The highest BCUT2D eigenvalue weighted by molar-refractivity contribution is 7.90. The quantitative estimate of drug-likeness (QED) is 0.647. The molecule has 1 aliphatic rings. The maximum atomic E-state index is 11.9. The fraction of sp³-hybridized carbons (Fsp3) is 1.00. The summed E-state index contributed by atoms with van der Waals surface area (Å²) in [6.07, 6.45) is 1.83. The topological polar surface area (TPSA) is 61.4 Å².